The minimum Gasteiger partial charge on any atom is -0.352 e. The first kappa shape index (κ1) is 11.5. The molecule has 0 aromatic heterocycles. The van der Waals surface area contributed by atoms with Crippen molar-refractivity contribution in [3.05, 3.63) is 0 Å². The molecule has 6 heteroatoms. The highest BCUT2D eigenvalue weighted by atomic mass is 32.2. The second kappa shape index (κ2) is 4.27. The molecule has 0 bridgehead atoms. The maximum atomic E-state index is 11.0. The van der Waals surface area contributed by atoms with Crippen LogP contribution in [0.1, 0.15) is 32.6 Å². The van der Waals surface area contributed by atoms with Gasteiger partial charge in [-0.15, -0.1) is 0 Å². The zero-order valence-electron chi connectivity index (χ0n) is 8.06. The van der Waals surface area contributed by atoms with E-state index in [9.17, 15) is 13.2 Å². The fourth-order valence-electron chi connectivity index (χ4n) is 1.88. The maximum absolute atomic E-state index is 11.0. The molecule has 5 nitrogen and oxygen atoms in total. The molecule has 0 saturated heterocycles. The van der Waals surface area contributed by atoms with Gasteiger partial charge in [0.2, 0.25) is 5.91 Å². The molecular weight excluding hydrogens is 206 g/mol. The average Bonchev–Trinajstić information content (AvgIpc) is 2.01. The Hall–Kier alpha value is -0.620. The Morgan fingerprint density at radius 2 is 1.93 bits per heavy atom. The number of hydrogen-bond donors (Lipinski definition) is 2. The third-order valence-electron chi connectivity index (χ3n) is 2.47. The van der Waals surface area contributed by atoms with Crippen LogP contribution in [-0.4, -0.2) is 30.2 Å². The SMILES string of the molecule is CC(=O)NC1CCCCC1S(=O)(=O)O. The summed E-state index contributed by atoms with van der Waals surface area (Å²) in [6, 6.07) is -0.434. The van der Waals surface area contributed by atoms with E-state index in [1.807, 2.05) is 0 Å². The fourth-order valence-corrected chi connectivity index (χ4v) is 2.96. The van der Waals surface area contributed by atoms with Gasteiger partial charge < -0.3 is 5.32 Å². The minimum atomic E-state index is -4.04. The summed E-state index contributed by atoms with van der Waals surface area (Å²) in [5, 5.41) is 1.73. The molecule has 0 radical (unpaired) electrons. The highest BCUT2D eigenvalue weighted by molar-refractivity contribution is 7.86. The molecule has 0 aliphatic heterocycles. The number of carbonyl (C=O) groups is 1. The van der Waals surface area contributed by atoms with Crippen LogP contribution in [0.15, 0.2) is 0 Å². The summed E-state index contributed by atoms with van der Waals surface area (Å²) in [6.45, 7) is 1.34. The van der Waals surface area contributed by atoms with E-state index in [4.69, 9.17) is 4.55 Å². The van der Waals surface area contributed by atoms with Crippen molar-refractivity contribution in [2.45, 2.75) is 43.9 Å². The highest BCUT2D eigenvalue weighted by Gasteiger charge is 2.34. The zero-order valence-corrected chi connectivity index (χ0v) is 8.88. The lowest BCUT2D eigenvalue weighted by molar-refractivity contribution is -0.119. The number of rotatable bonds is 2. The van der Waals surface area contributed by atoms with Crippen molar-refractivity contribution < 1.29 is 17.8 Å². The second-order valence-corrected chi connectivity index (χ2v) is 5.28. The molecule has 0 heterocycles. The molecule has 1 fully saturated rings. The summed E-state index contributed by atoms with van der Waals surface area (Å²) in [4.78, 5) is 10.8. The zero-order chi connectivity index (χ0) is 10.8. The Morgan fingerprint density at radius 1 is 1.36 bits per heavy atom. The Kier molecular flexibility index (Phi) is 3.49. The fraction of sp³-hybridized carbons (Fsp3) is 0.875. The van der Waals surface area contributed by atoms with Crippen LogP contribution < -0.4 is 5.32 Å². The summed E-state index contributed by atoms with van der Waals surface area (Å²) in [7, 11) is -4.04. The summed E-state index contributed by atoms with van der Waals surface area (Å²) < 4.78 is 30.9. The molecule has 1 rings (SSSR count). The Labute approximate surface area is 83.6 Å². The number of amides is 1. The van der Waals surface area contributed by atoms with E-state index in [1.165, 1.54) is 6.92 Å². The van der Waals surface area contributed by atoms with Gasteiger partial charge in [0.1, 0.15) is 5.25 Å². The summed E-state index contributed by atoms with van der Waals surface area (Å²) in [5.74, 6) is -0.259. The van der Waals surface area contributed by atoms with Crippen LogP contribution in [-0.2, 0) is 14.9 Å². The van der Waals surface area contributed by atoms with Gasteiger partial charge in [0.25, 0.3) is 10.1 Å². The normalized spacial score (nSPS) is 28.4. The molecule has 0 aromatic carbocycles. The summed E-state index contributed by atoms with van der Waals surface area (Å²) in [5.41, 5.74) is 0. The third kappa shape index (κ3) is 2.95. The van der Waals surface area contributed by atoms with Gasteiger partial charge in [-0.1, -0.05) is 12.8 Å². The predicted molar refractivity (Wildman–Crippen MR) is 51.4 cm³/mol. The van der Waals surface area contributed by atoms with Gasteiger partial charge in [-0.25, -0.2) is 0 Å². The smallest absolute Gasteiger partial charge is 0.269 e. The lowest BCUT2D eigenvalue weighted by atomic mass is 9.95. The quantitative estimate of drug-likeness (QED) is 0.658. The van der Waals surface area contributed by atoms with Crippen LogP contribution in [0.3, 0.4) is 0 Å². The Bertz CT molecular complexity index is 311. The third-order valence-corrected chi connectivity index (χ3v) is 3.80. The van der Waals surface area contributed by atoms with Crippen LogP contribution in [0.4, 0.5) is 0 Å². The summed E-state index contributed by atoms with van der Waals surface area (Å²) in [6.07, 6.45) is 2.70. The van der Waals surface area contributed by atoms with Crippen molar-refractivity contribution in [2.75, 3.05) is 0 Å². The minimum absolute atomic E-state index is 0.259. The van der Waals surface area contributed by atoms with E-state index >= 15 is 0 Å². The first-order valence-electron chi connectivity index (χ1n) is 4.64. The van der Waals surface area contributed by atoms with Crippen molar-refractivity contribution in [1.29, 1.82) is 0 Å². The van der Waals surface area contributed by atoms with Crippen molar-refractivity contribution in [3.63, 3.8) is 0 Å². The molecule has 2 atom stereocenters. The molecule has 1 aliphatic rings. The lowest BCUT2D eigenvalue weighted by Crippen LogP contribution is -2.47. The van der Waals surface area contributed by atoms with Crippen LogP contribution in [0.25, 0.3) is 0 Å². The maximum Gasteiger partial charge on any atom is 0.269 e. The Balaban J connectivity index is 2.74. The molecule has 0 spiro atoms. The predicted octanol–water partition coefficient (Wildman–Crippen LogP) is 0.322. The largest absolute Gasteiger partial charge is 0.352 e. The second-order valence-electron chi connectivity index (χ2n) is 3.64. The van der Waals surface area contributed by atoms with Gasteiger partial charge in [-0.2, -0.15) is 8.42 Å². The molecule has 1 aliphatic carbocycles. The molecular formula is C8H15NO4S. The van der Waals surface area contributed by atoms with Crippen LogP contribution in [0.2, 0.25) is 0 Å². The molecule has 2 N–H and O–H groups in total. The van der Waals surface area contributed by atoms with Crippen LogP contribution in [0, 0.1) is 0 Å². The van der Waals surface area contributed by atoms with E-state index in [2.05, 4.69) is 5.32 Å². The van der Waals surface area contributed by atoms with Gasteiger partial charge in [0.15, 0.2) is 0 Å². The standard InChI is InChI=1S/C8H15NO4S/c1-6(10)9-7-4-2-3-5-8(7)14(11,12)13/h7-8H,2-5H2,1H3,(H,9,10)(H,11,12,13). The number of hydrogen-bond acceptors (Lipinski definition) is 3. The van der Waals surface area contributed by atoms with Crippen molar-refractivity contribution >= 4 is 16.0 Å². The van der Waals surface area contributed by atoms with Crippen molar-refractivity contribution in [3.8, 4) is 0 Å². The Morgan fingerprint density at radius 3 is 2.43 bits per heavy atom. The van der Waals surface area contributed by atoms with Gasteiger partial charge in [-0.05, 0) is 12.8 Å². The molecule has 2 unspecified atom stereocenters. The van der Waals surface area contributed by atoms with Crippen LogP contribution in [0.5, 0.6) is 0 Å². The average molecular weight is 221 g/mol. The van der Waals surface area contributed by atoms with Crippen molar-refractivity contribution in [1.82, 2.24) is 5.32 Å². The molecule has 82 valence electrons. The van der Waals surface area contributed by atoms with E-state index < -0.39 is 21.4 Å². The molecule has 1 saturated carbocycles. The van der Waals surface area contributed by atoms with Gasteiger partial charge in [0.05, 0.1) is 0 Å². The topological polar surface area (TPSA) is 83.5 Å². The lowest BCUT2D eigenvalue weighted by Gasteiger charge is -2.29. The van der Waals surface area contributed by atoms with Gasteiger partial charge in [-0.3, -0.25) is 9.35 Å². The number of nitrogens with one attached hydrogen (secondary N) is 1. The van der Waals surface area contributed by atoms with Gasteiger partial charge >= 0.3 is 0 Å². The highest BCUT2D eigenvalue weighted by Crippen LogP contribution is 2.23. The van der Waals surface area contributed by atoms with E-state index in [0.29, 0.717) is 12.8 Å². The summed E-state index contributed by atoms with van der Waals surface area (Å²) >= 11 is 0. The van der Waals surface area contributed by atoms with E-state index in [-0.39, 0.29) is 5.91 Å². The van der Waals surface area contributed by atoms with Gasteiger partial charge in [0, 0.05) is 13.0 Å². The first-order valence-corrected chi connectivity index (χ1v) is 6.15. The molecule has 1 amide bonds. The molecule has 0 aromatic rings. The van der Waals surface area contributed by atoms with Crippen LogP contribution >= 0.6 is 0 Å². The monoisotopic (exact) mass is 221 g/mol. The first-order chi connectivity index (χ1) is 6.41. The van der Waals surface area contributed by atoms with E-state index in [0.717, 1.165) is 12.8 Å². The number of carbonyl (C=O) groups excluding carboxylic acids is 1. The van der Waals surface area contributed by atoms with E-state index in [1.54, 1.807) is 0 Å². The van der Waals surface area contributed by atoms with Crippen molar-refractivity contribution in [2.24, 2.45) is 0 Å². The molecule has 14 heavy (non-hydrogen) atoms.